The number of anilines is 1. The number of hydrogen-bond donors (Lipinski definition) is 1. The molecule has 0 aliphatic carbocycles. The summed E-state index contributed by atoms with van der Waals surface area (Å²) in [5, 5.41) is 7.94. The molecule has 1 aromatic heterocycles. The van der Waals surface area contributed by atoms with Crippen LogP contribution in [0.4, 0.5) is 5.69 Å². The van der Waals surface area contributed by atoms with Crippen LogP contribution < -0.4 is 15.8 Å². The number of aromatic nitrogens is 2. The van der Waals surface area contributed by atoms with Crippen LogP contribution in [0.2, 0.25) is 0 Å². The Balaban J connectivity index is 1.80. The molecule has 2 aliphatic heterocycles. The molecule has 1 N–H and O–H groups in total. The summed E-state index contributed by atoms with van der Waals surface area (Å²) < 4.78 is 2.23. The van der Waals surface area contributed by atoms with Gasteiger partial charge in [-0.15, -0.1) is 0 Å². The van der Waals surface area contributed by atoms with E-state index in [4.69, 9.17) is 0 Å². The predicted octanol–water partition coefficient (Wildman–Crippen LogP) is 1.99. The third kappa shape index (κ3) is 3.01. The number of unbranched alkanes of at least 4 members (excludes halogenated alkanes) is 1. The molecule has 0 spiro atoms. The fourth-order valence-electron chi connectivity index (χ4n) is 3.39. The molecule has 2 saturated heterocycles. The van der Waals surface area contributed by atoms with Crippen molar-refractivity contribution in [3.63, 3.8) is 0 Å². The number of piperidine rings is 1. The Bertz CT molecular complexity index is 545. The smallest absolute Gasteiger partial charge is 0.283 e. The summed E-state index contributed by atoms with van der Waals surface area (Å²) in [4.78, 5) is 14.7. The zero-order valence-corrected chi connectivity index (χ0v) is 14.1. The Morgan fingerprint density at radius 2 is 2.33 bits per heavy atom. The first kappa shape index (κ1) is 15.0. The van der Waals surface area contributed by atoms with Crippen LogP contribution >= 0.6 is 15.9 Å². The molecule has 0 aromatic carbocycles. The lowest BCUT2D eigenvalue weighted by molar-refractivity contribution is 0.340. The number of rotatable bonds is 4. The van der Waals surface area contributed by atoms with E-state index in [1.807, 2.05) is 6.20 Å². The quantitative estimate of drug-likeness (QED) is 0.898. The van der Waals surface area contributed by atoms with Gasteiger partial charge in [0.1, 0.15) is 4.47 Å². The lowest BCUT2D eigenvalue weighted by Crippen LogP contribution is -2.40. The molecule has 116 valence electrons. The highest BCUT2D eigenvalue weighted by Crippen LogP contribution is 2.31. The van der Waals surface area contributed by atoms with Crippen molar-refractivity contribution in [2.75, 3.05) is 24.5 Å². The van der Waals surface area contributed by atoms with Gasteiger partial charge in [0.15, 0.2) is 0 Å². The summed E-state index contributed by atoms with van der Waals surface area (Å²) >= 11 is 3.50. The van der Waals surface area contributed by atoms with Gasteiger partial charge in [-0.1, -0.05) is 13.3 Å². The second-order valence-electron chi connectivity index (χ2n) is 6.09. The van der Waals surface area contributed by atoms with E-state index in [1.54, 1.807) is 4.68 Å². The fraction of sp³-hybridized carbons (Fsp3) is 0.733. The molecule has 1 aromatic rings. The summed E-state index contributed by atoms with van der Waals surface area (Å²) in [6.45, 7) is 5.93. The molecule has 2 aliphatic rings. The lowest BCUT2D eigenvalue weighted by atomic mass is 9.94. The van der Waals surface area contributed by atoms with E-state index in [-0.39, 0.29) is 5.56 Å². The Kier molecular flexibility index (Phi) is 4.64. The Hall–Kier alpha value is -0.880. The van der Waals surface area contributed by atoms with Crippen molar-refractivity contribution >= 4 is 21.6 Å². The number of nitrogens with one attached hydrogen (secondary N) is 1. The van der Waals surface area contributed by atoms with Crippen LogP contribution in [0, 0.1) is 5.92 Å². The van der Waals surface area contributed by atoms with Gasteiger partial charge in [-0.3, -0.25) is 4.79 Å². The van der Waals surface area contributed by atoms with Crippen molar-refractivity contribution in [1.82, 2.24) is 15.1 Å². The molecule has 2 fully saturated rings. The normalized spacial score (nSPS) is 25.1. The topological polar surface area (TPSA) is 50.2 Å². The monoisotopic (exact) mass is 354 g/mol. The first-order valence-corrected chi connectivity index (χ1v) is 8.74. The molecule has 2 unspecified atom stereocenters. The van der Waals surface area contributed by atoms with Crippen molar-refractivity contribution in [2.45, 2.75) is 45.2 Å². The Morgan fingerprint density at radius 3 is 3.10 bits per heavy atom. The lowest BCUT2D eigenvalue weighted by Gasteiger charge is -2.24. The van der Waals surface area contributed by atoms with Crippen LogP contribution in [0.15, 0.2) is 15.5 Å². The van der Waals surface area contributed by atoms with Gasteiger partial charge in [-0.25, -0.2) is 4.68 Å². The van der Waals surface area contributed by atoms with E-state index in [0.29, 0.717) is 23.0 Å². The number of fused-ring (bicyclic) bond motifs is 1. The predicted molar refractivity (Wildman–Crippen MR) is 87.8 cm³/mol. The van der Waals surface area contributed by atoms with Crippen molar-refractivity contribution in [2.24, 2.45) is 5.92 Å². The van der Waals surface area contributed by atoms with Gasteiger partial charge in [0.25, 0.3) is 5.56 Å². The molecule has 0 saturated carbocycles. The minimum absolute atomic E-state index is 0.0104. The summed E-state index contributed by atoms with van der Waals surface area (Å²) in [5.41, 5.74) is 0.938. The molecular formula is C15H23BrN4O. The maximum absolute atomic E-state index is 12.4. The van der Waals surface area contributed by atoms with E-state index in [0.717, 1.165) is 38.2 Å². The van der Waals surface area contributed by atoms with Crippen molar-refractivity contribution < 1.29 is 0 Å². The maximum Gasteiger partial charge on any atom is 0.283 e. The standard InChI is InChI=1S/C15H23BrN4O/c1-2-3-7-20-15(21)14(16)13(8-18-20)19-9-11-5-4-6-17-12(11)10-19/h8,11-12,17H,2-7,9-10H2,1H3. The SMILES string of the molecule is CCCCn1ncc(N2CC3CCCNC3C2)c(Br)c1=O. The van der Waals surface area contributed by atoms with Gasteiger partial charge < -0.3 is 10.2 Å². The van der Waals surface area contributed by atoms with Gasteiger partial charge in [0, 0.05) is 25.7 Å². The summed E-state index contributed by atoms with van der Waals surface area (Å²) in [5.74, 6) is 0.702. The first-order chi connectivity index (χ1) is 10.2. The minimum atomic E-state index is -0.0104. The molecular weight excluding hydrogens is 332 g/mol. The molecule has 3 rings (SSSR count). The molecule has 0 radical (unpaired) electrons. The van der Waals surface area contributed by atoms with Crippen molar-refractivity contribution in [3.05, 3.63) is 21.0 Å². The fourth-order valence-corrected chi connectivity index (χ4v) is 3.95. The molecule has 0 amide bonds. The van der Waals surface area contributed by atoms with Crippen molar-refractivity contribution in [1.29, 1.82) is 0 Å². The largest absolute Gasteiger partial charge is 0.367 e. The van der Waals surface area contributed by atoms with E-state index in [9.17, 15) is 4.79 Å². The Labute approximate surface area is 133 Å². The highest BCUT2D eigenvalue weighted by Gasteiger charge is 2.35. The summed E-state index contributed by atoms with van der Waals surface area (Å²) in [6, 6.07) is 0.563. The number of halogens is 1. The minimum Gasteiger partial charge on any atom is -0.367 e. The van der Waals surface area contributed by atoms with Crippen LogP contribution in [-0.4, -0.2) is 35.5 Å². The molecule has 6 heteroatoms. The molecule has 2 atom stereocenters. The van der Waals surface area contributed by atoms with E-state index in [2.05, 4.69) is 38.2 Å². The average molecular weight is 355 g/mol. The zero-order valence-electron chi connectivity index (χ0n) is 12.5. The number of aryl methyl sites for hydroxylation is 1. The van der Waals surface area contributed by atoms with Gasteiger partial charge >= 0.3 is 0 Å². The molecule has 21 heavy (non-hydrogen) atoms. The molecule has 5 nitrogen and oxygen atoms in total. The van der Waals surface area contributed by atoms with E-state index >= 15 is 0 Å². The van der Waals surface area contributed by atoms with Gasteiger partial charge in [-0.05, 0) is 47.7 Å². The summed E-state index contributed by atoms with van der Waals surface area (Å²) in [6.07, 6.45) is 6.43. The maximum atomic E-state index is 12.4. The second-order valence-corrected chi connectivity index (χ2v) is 6.89. The van der Waals surface area contributed by atoms with E-state index < -0.39 is 0 Å². The second kappa shape index (κ2) is 6.48. The third-order valence-electron chi connectivity index (χ3n) is 4.63. The van der Waals surface area contributed by atoms with Gasteiger partial charge in [-0.2, -0.15) is 5.10 Å². The number of hydrogen-bond acceptors (Lipinski definition) is 4. The third-order valence-corrected chi connectivity index (χ3v) is 5.38. The van der Waals surface area contributed by atoms with Crippen molar-refractivity contribution in [3.8, 4) is 0 Å². The van der Waals surface area contributed by atoms with Crippen LogP contribution in [0.3, 0.4) is 0 Å². The molecule has 3 heterocycles. The highest BCUT2D eigenvalue weighted by molar-refractivity contribution is 9.10. The van der Waals surface area contributed by atoms with Gasteiger partial charge in [0.05, 0.1) is 11.9 Å². The first-order valence-electron chi connectivity index (χ1n) is 7.94. The Morgan fingerprint density at radius 1 is 1.48 bits per heavy atom. The van der Waals surface area contributed by atoms with Crippen LogP contribution in [0.25, 0.3) is 0 Å². The van der Waals surface area contributed by atoms with Crippen LogP contribution in [0.1, 0.15) is 32.6 Å². The van der Waals surface area contributed by atoms with Crippen LogP contribution in [0.5, 0.6) is 0 Å². The van der Waals surface area contributed by atoms with Gasteiger partial charge in [0.2, 0.25) is 0 Å². The van der Waals surface area contributed by atoms with Crippen LogP contribution in [-0.2, 0) is 6.54 Å². The highest BCUT2D eigenvalue weighted by atomic mass is 79.9. The average Bonchev–Trinajstić information content (AvgIpc) is 2.92. The zero-order chi connectivity index (χ0) is 14.8. The number of nitrogens with zero attached hydrogens (tertiary/aromatic N) is 3. The molecule has 0 bridgehead atoms. The van der Waals surface area contributed by atoms with E-state index in [1.165, 1.54) is 12.8 Å². The summed E-state index contributed by atoms with van der Waals surface area (Å²) in [7, 11) is 0.